The van der Waals surface area contributed by atoms with E-state index in [0.29, 0.717) is 26.3 Å². The lowest BCUT2D eigenvalue weighted by atomic mass is 10.1. The van der Waals surface area contributed by atoms with E-state index in [4.69, 9.17) is 4.74 Å². The van der Waals surface area contributed by atoms with E-state index in [1.807, 2.05) is 19.9 Å². The Bertz CT molecular complexity index is 941. The maximum atomic E-state index is 12.7. The molecule has 3 rings (SSSR count). The molecule has 1 aromatic heterocycles. The SMILES string of the molecule is Cc1ccc(-n2c(C)cc(/C=C(\C#N)C(=O)N3CCOCC3)c2C)cc1C. The molecule has 1 saturated heterocycles. The van der Waals surface area contributed by atoms with E-state index in [-0.39, 0.29) is 11.5 Å². The molecular formula is C22H25N3O2. The van der Waals surface area contributed by atoms with Gasteiger partial charge in [-0.25, -0.2) is 0 Å². The Hall–Kier alpha value is -2.84. The number of rotatable bonds is 3. The minimum Gasteiger partial charge on any atom is -0.378 e. The standard InChI is InChI=1S/C22H25N3O2/c1-15-5-6-21(11-16(15)2)25-17(3)12-19(18(25)4)13-20(14-23)22(26)24-7-9-27-10-8-24/h5-6,11-13H,7-10H2,1-4H3/b20-13+. The molecule has 2 aromatic rings. The number of nitriles is 1. The van der Waals surface area contributed by atoms with E-state index in [2.05, 4.69) is 42.7 Å². The van der Waals surface area contributed by atoms with Crippen molar-refractivity contribution in [2.75, 3.05) is 26.3 Å². The van der Waals surface area contributed by atoms with E-state index in [9.17, 15) is 10.1 Å². The Morgan fingerprint density at radius 3 is 2.44 bits per heavy atom. The van der Waals surface area contributed by atoms with Gasteiger partial charge in [0.1, 0.15) is 11.6 Å². The van der Waals surface area contributed by atoms with E-state index < -0.39 is 0 Å². The summed E-state index contributed by atoms with van der Waals surface area (Å²) < 4.78 is 7.45. The third-order valence-electron chi connectivity index (χ3n) is 5.17. The zero-order valence-electron chi connectivity index (χ0n) is 16.4. The van der Waals surface area contributed by atoms with E-state index in [0.717, 1.165) is 22.6 Å². The maximum absolute atomic E-state index is 12.7. The van der Waals surface area contributed by atoms with Crippen molar-refractivity contribution in [3.05, 3.63) is 57.9 Å². The van der Waals surface area contributed by atoms with Gasteiger partial charge in [0.2, 0.25) is 0 Å². The Balaban J connectivity index is 1.97. The van der Waals surface area contributed by atoms with Gasteiger partial charge < -0.3 is 14.2 Å². The van der Waals surface area contributed by atoms with Crippen LogP contribution in [0, 0.1) is 39.0 Å². The summed E-state index contributed by atoms with van der Waals surface area (Å²) in [6.45, 7) is 10.3. The molecule has 0 unspecified atom stereocenters. The lowest BCUT2D eigenvalue weighted by Crippen LogP contribution is -2.41. The third kappa shape index (κ3) is 3.81. The number of carbonyl (C=O) groups is 1. The molecule has 140 valence electrons. The fourth-order valence-corrected chi connectivity index (χ4v) is 3.43. The third-order valence-corrected chi connectivity index (χ3v) is 5.17. The number of ether oxygens (including phenoxy) is 1. The first-order valence-corrected chi connectivity index (χ1v) is 9.17. The number of carbonyl (C=O) groups excluding carboxylic acids is 1. The highest BCUT2D eigenvalue weighted by Crippen LogP contribution is 2.24. The summed E-state index contributed by atoms with van der Waals surface area (Å²) in [6, 6.07) is 10.5. The highest BCUT2D eigenvalue weighted by Gasteiger charge is 2.21. The Morgan fingerprint density at radius 1 is 1.11 bits per heavy atom. The zero-order chi connectivity index (χ0) is 19.6. The topological polar surface area (TPSA) is 58.3 Å². The molecule has 5 heteroatoms. The number of aromatic nitrogens is 1. The fraction of sp³-hybridized carbons (Fsp3) is 0.364. The van der Waals surface area contributed by atoms with Gasteiger partial charge in [0.15, 0.2) is 0 Å². The highest BCUT2D eigenvalue weighted by atomic mass is 16.5. The fourth-order valence-electron chi connectivity index (χ4n) is 3.43. The molecule has 0 spiro atoms. The largest absolute Gasteiger partial charge is 0.378 e. The maximum Gasteiger partial charge on any atom is 0.264 e. The molecule has 0 bridgehead atoms. The first-order valence-electron chi connectivity index (χ1n) is 9.17. The second-order valence-corrected chi connectivity index (χ2v) is 7.00. The van der Waals surface area contributed by atoms with Gasteiger partial charge in [-0.05, 0) is 68.7 Å². The molecule has 1 aliphatic heterocycles. The molecule has 0 saturated carbocycles. The molecule has 0 aliphatic carbocycles. The number of benzene rings is 1. The van der Waals surface area contributed by atoms with Crippen LogP contribution in [-0.4, -0.2) is 41.7 Å². The zero-order valence-corrected chi connectivity index (χ0v) is 16.4. The predicted molar refractivity (Wildman–Crippen MR) is 106 cm³/mol. The number of hydrogen-bond acceptors (Lipinski definition) is 3. The number of amides is 1. The van der Waals surface area contributed by atoms with Gasteiger partial charge in [0.25, 0.3) is 5.91 Å². The molecule has 2 heterocycles. The van der Waals surface area contributed by atoms with Crippen LogP contribution in [0.15, 0.2) is 29.8 Å². The van der Waals surface area contributed by atoms with Gasteiger partial charge in [-0.1, -0.05) is 6.07 Å². The molecule has 1 amide bonds. The van der Waals surface area contributed by atoms with Crippen LogP contribution in [0.2, 0.25) is 0 Å². The van der Waals surface area contributed by atoms with Crippen LogP contribution in [-0.2, 0) is 9.53 Å². The summed E-state index contributed by atoms with van der Waals surface area (Å²) in [7, 11) is 0. The van der Waals surface area contributed by atoms with Gasteiger partial charge in [-0.15, -0.1) is 0 Å². The number of morpholine rings is 1. The van der Waals surface area contributed by atoms with Gasteiger partial charge >= 0.3 is 0 Å². The normalized spacial score (nSPS) is 14.9. The Labute approximate surface area is 160 Å². The van der Waals surface area contributed by atoms with E-state index in [1.54, 1.807) is 11.0 Å². The van der Waals surface area contributed by atoms with Crippen molar-refractivity contribution >= 4 is 12.0 Å². The van der Waals surface area contributed by atoms with Crippen LogP contribution >= 0.6 is 0 Å². The van der Waals surface area contributed by atoms with Crippen LogP contribution in [0.1, 0.15) is 28.1 Å². The molecule has 27 heavy (non-hydrogen) atoms. The van der Waals surface area contributed by atoms with Gasteiger partial charge in [0.05, 0.1) is 13.2 Å². The molecule has 5 nitrogen and oxygen atoms in total. The molecule has 1 fully saturated rings. The lowest BCUT2D eigenvalue weighted by molar-refractivity contribution is -0.130. The number of hydrogen-bond donors (Lipinski definition) is 0. The van der Waals surface area contributed by atoms with Crippen LogP contribution in [0.5, 0.6) is 0 Å². The quantitative estimate of drug-likeness (QED) is 0.620. The molecular weight excluding hydrogens is 338 g/mol. The Kier molecular flexibility index (Phi) is 5.48. The van der Waals surface area contributed by atoms with Crippen LogP contribution in [0.4, 0.5) is 0 Å². The monoisotopic (exact) mass is 363 g/mol. The Morgan fingerprint density at radius 2 is 1.81 bits per heavy atom. The van der Waals surface area contributed by atoms with E-state index in [1.165, 1.54) is 11.1 Å². The van der Waals surface area contributed by atoms with Gasteiger partial charge in [-0.2, -0.15) is 5.26 Å². The number of nitrogens with zero attached hydrogens (tertiary/aromatic N) is 3. The number of aryl methyl sites for hydroxylation is 3. The van der Waals surface area contributed by atoms with Gasteiger partial charge in [0, 0.05) is 30.2 Å². The van der Waals surface area contributed by atoms with Crippen molar-refractivity contribution in [3.8, 4) is 11.8 Å². The van der Waals surface area contributed by atoms with E-state index >= 15 is 0 Å². The molecule has 0 N–H and O–H groups in total. The first-order chi connectivity index (χ1) is 12.9. The minimum atomic E-state index is -0.225. The average molecular weight is 363 g/mol. The van der Waals surface area contributed by atoms with Crippen molar-refractivity contribution in [2.24, 2.45) is 0 Å². The summed E-state index contributed by atoms with van der Waals surface area (Å²) >= 11 is 0. The minimum absolute atomic E-state index is 0.164. The molecule has 1 aliphatic rings. The van der Waals surface area contributed by atoms with Crippen LogP contribution in [0.25, 0.3) is 11.8 Å². The van der Waals surface area contributed by atoms with Crippen LogP contribution in [0.3, 0.4) is 0 Å². The summed E-state index contributed by atoms with van der Waals surface area (Å²) in [5.74, 6) is -0.225. The highest BCUT2D eigenvalue weighted by molar-refractivity contribution is 6.01. The van der Waals surface area contributed by atoms with Crippen molar-refractivity contribution in [1.82, 2.24) is 9.47 Å². The molecule has 0 atom stereocenters. The lowest BCUT2D eigenvalue weighted by Gasteiger charge is -2.26. The summed E-state index contributed by atoms with van der Waals surface area (Å²) in [5.41, 5.74) is 6.71. The predicted octanol–water partition coefficient (Wildman–Crippen LogP) is 3.48. The van der Waals surface area contributed by atoms with Crippen molar-refractivity contribution in [2.45, 2.75) is 27.7 Å². The molecule has 0 radical (unpaired) electrons. The second kappa shape index (κ2) is 7.81. The second-order valence-electron chi connectivity index (χ2n) is 7.00. The summed E-state index contributed by atoms with van der Waals surface area (Å²) in [4.78, 5) is 14.3. The van der Waals surface area contributed by atoms with Crippen LogP contribution < -0.4 is 0 Å². The summed E-state index contributed by atoms with van der Waals surface area (Å²) in [5, 5.41) is 9.54. The first kappa shape index (κ1) is 18.9. The van der Waals surface area contributed by atoms with Crippen molar-refractivity contribution < 1.29 is 9.53 Å². The molecule has 1 aromatic carbocycles. The van der Waals surface area contributed by atoms with Gasteiger partial charge in [-0.3, -0.25) is 4.79 Å². The van der Waals surface area contributed by atoms with Crippen molar-refractivity contribution in [3.63, 3.8) is 0 Å². The van der Waals surface area contributed by atoms with Crippen molar-refractivity contribution in [1.29, 1.82) is 5.26 Å². The average Bonchev–Trinajstić information content (AvgIpc) is 2.95. The smallest absolute Gasteiger partial charge is 0.264 e. The summed E-state index contributed by atoms with van der Waals surface area (Å²) in [6.07, 6.45) is 1.71.